The van der Waals surface area contributed by atoms with E-state index in [1.807, 2.05) is 30.3 Å². The number of hydrogen-bond donors (Lipinski definition) is 1. The van der Waals surface area contributed by atoms with Crippen molar-refractivity contribution in [1.29, 1.82) is 0 Å². The summed E-state index contributed by atoms with van der Waals surface area (Å²) in [6.07, 6.45) is 3.16. The van der Waals surface area contributed by atoms with Gasteiger partial charge in [-0.15, -0.1) is 10.2 Å². The second-order valence-corrected chi connectivity index (χ2v) is 8.54. The predicted molar refractivity (Wildman–Crippen MR) is 117 cm³/mol. The third-order valence-electron chi connectivity index (χ3n) is 3.55. The van der Waals surface area contributed by atoms with Crippen molar-refractivity contribution in [2.45, 2.75) is 10.1 Å². The molecule has 3 aromatic rings. The number of hydrogen-bond acceptors (Lipinski definition) is 6. The van der Waals surface area contributed by atoms with Gasteiger partial charge in [0.05, 0.1) is 7.11 Å². The van der Waals surface area contributed by atoms with Gasteiger partial charge in [-0.1, -0.05) is 64.5 Å². The van der Waals surface area contributed by atoms with Crippen molar-refractivity contribution in [2.24, 2.45) is 0 Å². The van der Waals surface area contributed by atoms with Crippen LogP contribution in [0.4, 0.5) is 5.13 Å². The maximum atomic E-state index is 12.1. The van der Waals surface area contributed by atoms with Crippen LogP contribution in [0.2, 0.25) is 10.0 Å². The zero-order valence-corrected chi connectivity index (χ0v) is 17.8. The van der Waals surface area contributed by atoms with Gasteiger partial charge in [0.25, 0.3) is 0 Å². The van der Waals surface area contributed by atoms with Gasteiger partial charge in [-0.3, -0.25) is 10.1 Å². The van der Waals surface area contributed by atoms with Crippen LogP contribution in [0.25, 0.3) is 6.08 Å². The molecular formula is C19H15Cl2N3O2S2. The van der Waals surface area contributed by atoms with E-state index in [9.17, 15) is 4.79 Å². The minimum absolute atomic E-state index is 0.274. The Balaban J connectivity index is 1.53. The molecule has 0 aliphatic rings. The first-order chi connectivity index (χ1) is 13.5. The number of anilines is 1. The molecule has 28 heavy (non-hydrogen) atoms. The zero-order valence-electron chi connectivity index (χ0n) is 14.7. The Kier molecular flexibility index (Phi) is 7.33. The fourth-order valence-electron chi connectivity index (χ4n) is 2.13. The van der Waals surface area contributed by atoms with Gasteiger partial charge < -0.3 is 4.74 Å². The van der Waals surface area contributed by atoms with E-state index < -0.39 is 0 Å². The van der Waals surface area contributed by atoms with E-state index in [0.717, 1.165) is 21.2 Å². The summed E-state index contributed by atoms with van der Waals surface area (Å²) in [7, 11) is 1.61. The third kappa shape index (κ3) is 5.97. The molecule has 1 amide bonds. The van der Waals surface area contributed by atoms with Crippen LogP contribution < -0.4 is 10.1 Å². The van der Waals surface area contributed by atoms with Crippen LogP contribution in [-0.4, -0.2) is 23.2 Å². The number of carbonyl (C=O) groups excluding carboxylic acids is 1. The number of rotatable bonds is 7. The van der Waals surface area contributed by atoms with Gasteiger partial charge in [0.15, 0.2) is 4.34 Å². The highest BCUT2D eigenvalue weighted by molar-refractivity contribution is 8.00. The number of benzene rings is 2. The molecular weight excluding hydrogens is 437 g/mol. The molecule has 0 aliphatic heterocycles. The van der Waals surface area contributed by atoms with E-state index in [1.54, 1.807) is 25.3 Å². The van der Waals surface area contributed by atoms with Gasteiger partial charge in [0.2, 0.25) is 11.0 Å². The summed E-state index contributed by atoms with van der Waals surface area (Å²) in [4.78, 5) is 12.1. The topological polar surface area (TPSA) is 64.1 Å². The quantitative estimate of drug-likeness (QED) is 0.279. The summed E-state index contributed by atoms with van der Waals surface area (Å²) in [5, 5.41) is 12.4. The fraction of sp³-hybridized carbons (Fsp3) is 0.105. The Morgan fingerprint density at radius 3 is 2.71 bits per heavy atom. The van der Waals surface area contributed by atoms with Crippen LogP contribution in [0.5, 0.6) is 5.75 Å². The van der Waals surface area contributed by atoms with E-state index in [0.29, 0.717) is 20.9 Å². The predicted octanol–water partition coefficient (Wildman–Crippen LogP) is 5.80. The maximum Gasteiger partial charge on any atom is 0.250 e. The molecule has 0 saturated heterocycles. The highest BCUT2D eigenvalue weighted by atomic mass is 35.5. The van der Waals surface area contributed by atoms with Crippen molar-refractivity contribution in [1.82, 2.24) is 10.2 Å². The van der Waals surface area contributed by atoms with Crippen molar-refractivity contribution in [3.8, 4) is 5.75 Å². The molecule has 1 aromatic heterocycles. The SMILES string of the molecule is COc1ccc(/C=C/C(=O)Nc2nnc(SCc3ccc(Cl)cc3Cl)s2)cc1. The van der Waals surface area contributed by atoms with Crippen LogP contribution in [0.3, 0.4) is 0 Å². The number of nitrogens with one attached hydrogen (secondary N) is 1. The summed E-state index contributed by atoms with van der Waals surface area (Å²) in [5.41, 5.74) is 1.85. The molecule has 0 radical (unpaired) electrons. The average Bonchev–Trinajstić information content (AvgIpc) is 3.13. The molecule has 1 N–H and O–H groups in total. The van der Waals surface area contributed by atoms with Gasteiger partial charge >= 0.3 is 0 Å². The lowest BCUT2D eigenvalue weighted by Gasteiger charge is -2.02. The Bertz CT molecular complexity index is 991. The minimum atomic E-state index is -0.274. The first-order valence-corrected chi connectivity index (χ1v) is 10.6. The summed E-state index contributed by atoms with van der Waals surface area (Å²) in [5.74, 6) is 1.13. The first-order valence-electron chi connectivity index (χ1n) is 8.07. The molecule has 2 aromatic carbocycles. The molecule has 0 aliphatic carbocycles. The monoisotopic (exact) mass is 451 g/mol. The summed E-state index contributed by atoms with van der Waals surface area (Å²) in [6, 6.07) is 12.8. The molecule has 1 heterocycles. The second kappa shape index (κ2) is 9.93. The van der Waals surface area contributed by atoms with E-state index in [4.69, 9.17) is 27.9 Å². The molecule has 144 valence electrons. The van der Waals surface area contributed by atoms with Gasteiger partial charge in [-0.25, -0.2) is 0 Å². The van der Waals surface area contributed by atoms with Gasteiger partial charge in [0.1, 0.15) is 5.75 Å². The highest BCUT2D eigenvalue weighted by Crippen LogP contribution is 2.31. The van der Waals surface area contributed by atoms with Crippen molar-refractivity contribution >= 4 is 63.4 Å². The lowest BCUT2D eigenvalue weighted by molar-refractivity contribution is -0.111. The third-order valence-corrected chi connectivity index (χ3v) is 6.15. The molecule has 0 spiro atoms. The number of ether oxygens (including phenoxy) is 1. The van der Waals surface area contributed by atoms with Gasteiger partial charge in [-0.05, 0) is 41.5 Å². The van der Waals surface area contributed by atoms with Crippen molar-refractivity contribution in [2.75, 3.05) is 12.4 Å². The number of halogens is 2. The summed E-state index contributed by atoms with van der Waals surface area (Å²) in [6.45, 7) is 0. The van der Waals surface area contributed by atoms with E-state index in [1.165, 1.54) is 29.2 Å². The maximum absolute atomic E-state index is 12.1. The summed E-state index contributed by atoms with van der Waals surface area (Å²) >= 11 is 14.9. The average molecular weight is 452 g/mol. The molecule has 5 nitrogen and oxygen atoms in total. The van der Waals surface area contributed by atoms with Crippen LogP contribution in [-0.2, 0) is 10.5 Å². The van der Waals surface area contributed by atoms with E-state index in [2.05, 4.69) is 15.5 Å². The largest absolute Gasteiger partial charge is 0.497 e. The van der Waals surface area contributed by atoms with Crippen LogP contribution in [0.1, 0.15) is 11.1 Å². The Hall–Kier alpha value is -2.06. The smallest absolute Gasteiger partial charge is 0.250 e. The first kappa shape index (κ1) is 20.7. The van der Waals surface area contributed by atoms with Gasteiger partial charge in [0, 0.05) is 21.9 Å². The number of aromatic nitrogens is 2. The number of nitrogens with zero attached hydrogens (tertiary/aromatic N) is 2. The normalized spacial score (nSPS) is 11.0. The van der Waals surface area contributed by atoms with E-state index >= 15 is 0 Å². The lowest BCUT2D eigenvalue weighted by atomic mass is 10.2. The minimum Gasteiger partial charge on any atom is -0.497 e. The van der Waals surface area contributed by atoms with Crippen molar-refractivity contribution in [3.63, 3.8) is 0 Å². The number of carbonyl (C=O) groups is 1. The fourth-order valence-corrected chi connectivity index (χ4v) is 4.44. The molecule has 9 heteroatoms. The zero-order chi connectivity index (χ0) is 19.9. The molecule has 0 fully saturated rings. The van der Waals surface area contributed by atoms with Gasteiger partial charge in [-0.2, -0.15) is 0 Å². The Labute approximate surface area is 180 Å². The van der Waals surface area contributed by atoms with Crippen LogP contribution in [0, 0.1) is 0 Å². The Morgan fingerprint density at radius 2 is 2.00 bits per heavy atom. The molecule has 3 rings (SSSR count). The van der Waals surface area contributed by atoms with E-state index in [-0.39, 0.29) is 5.91 Å². The second-order valence-electron chi connectivity index (χ2n) is 5.49. The molecule has 0 atom stereocenters. The molecule has 0 unspecified atom stereocenters. The van der Waals surface area contributed by atoms with Crippen molar-refractivity contribution in [3.05, 3.63) is 69.7 Å². The number of methoxy groups -OCH3 is 1. The lowest BCUT2D eigenvalue weighted by Crippen LogP contribution is -2.07. The summed E-state index contributed by atoms with van der Waals surface area (Å²) < 4.78 is 5.84. The number of amides is 1. The van der Waals surface area contributed by atoms with Crippen molar-refractivity contribution < 1.29 is 9.53 Å². The Morgan fingerprint density at radius 1 is 1.21 bits per heavy atom. The molecule has 0 saturated carbocycles. The molecule has 0 bridgehead atoms. The van der Waals surface area contributed by atoms with Crippen LogP contribution >= 0.6 is 46.3 Å². The highest BCUT2D eigenvalue weighted by Gasteiger charge is 2.09. The standard InChI is InChI=1S/C19H15Cl2N3O2S2/c1-26-15-7-2-12(3-8-15)4-9-17(25)22-18-23-24-19(28-18)27-11-13-5-6-14(20)10-16(13)21/h2-10H,11H2,1H3,(H,22,23,25)/b9-4+. The van der Waals surface area contributed by atoms with Crippen LogP contribution in [0.15, 0.2) is 52.9 Å². The number of thioether (sulfide) groups is 1.